The van der Waals surface area contributed by atoms with Gasteiger partial charge in [-0.3, -0.25) is 0 Å². The van der Waals surface area contributed by atoms with Gasteiger partial charge in [0, 0.05) is 12.2 Å². The molecule has 3 N–H and O–H groups in total. The van der Waals surface area contributed by atoms with Gasteiger partial charge in [0.05, 0.1) is 16.4 Å². The summed E-state index contributed by atoms with van der Waals surface area (Å²) in [7, 11) is 0. The number of nitrogen functional groups attached to an aromatic ring is 1. The highest BCUT2D eigenvalue weighted by Gasteiger charge is 2.12. The maximum absolute atomic E-state index is 13.1. The lowest BCUT2D eigenvalue weighted by Crippen LogP contribution is -2.04. The van der Waals surface area contributed by atoms with Crippen LogP contribution in [-0.2, 0) is 6.54 Å². The first-order chi connectivity index (χ1) is 8.52. The quantitative estimate of drug-likeness (QED) is 0.898. The molecule has 1 aromatic heterocycles. The number of hydrogen-bond donors (Lipinski definition) is 2. The second kappa shape index (κ2) is 4.86. The third-order valence-electron chi connectivity index (χ3n) is 2.66. The number of aromatic nitrogens is 2. The molecule has 1 aromatic carbocycles. The average molecular weight is 269 g/mol. The van der Waals surface area contributed by atoms with E-state index < -0.39 is 5.82 Å². The molecule has 0 aliphatic carbocycles. The highest BCUT2D eigenvalue weighted by molar-refractivity contribution is 6.31. The monoisotopic (exact) mass is 268 g/mol. The van der Waals surface area contributed by atoms with E-state index in [2.05, 4.69) is 10.4 Å². The molecule has 2 rings (SSSR count). The van der Waals surface area contributed by atoms with Gasteiger partial charge in [-0.15, -0.1) is 0 Å². The molecule has 0 amide bonds. The summed E-state index contributed by atoms with van der Waals surface area (Å²) in [5, 5.41) is 7.46. The van der Waals surface area contributed by atoms with Crippen molar-refractivity contribution in [3.05, 3.63) is 34.7 Å². The van der Waals surface area contributed by atoms with E-state index in [-0.39, 0.29) is 5.02 Å². The molecule has 4 nitrogen and oxygen atoms in total. The molecule has 0 saturated heterocycles. The van der Waals surface area contributed by atoms with Crippen LogP contribution in [0.3, 0.4) is 0 Å². The van der Waals surface area contributed by atoms with Crippen LogP contribution in [0.2, 0.25) is 5.02 Å². The lowest BCUT2D eigenvalue weighted by atomic mass is 10.3. The Morgan fingerprint density at radius 3 is 2.83 bits per heavy atom. The van der Waals surface area contributed by atoms with Crippen LogP contribution < -0.4 is 11.1 Å². The van der Waals surface area contributed by atoms with Crippen LogP contribution in [0.15, 0.2) is 18.2 Å². The maximum atomic E-state index is 13.1. The molecule has 0 bridgehead atoms. The minimum atomic E-state index is -0.449. The van der Waals surface area contributed by atoms with E-state index in [0.717, 1.165) is 5.69 Å². The van der Waals surface area contributed by atoms with Gasteiger partial charge >= 0.3 is 0 Å². The van der Waals surface area contributed by atoms with Gasteiger partial charge in [0.15, 0.2) is 5.82 Å². The fourth-order valence-corrected chi connectivity index (χ4v) is 1.85. The molecule has 0 aliphatic rings. The molecule has 1 heterocycles. The number of nitrogens with zero attached hydrogens (tertiary/aromatic N) is 2. The van der Waals surface area contributed by atoms with Crippen molar-refractivity contribution in [2.24, 2.45) is 0 Å². The summed E-state index contributed by atoms with van der Waals surface area (Å²) in [4.78, 5) is 0. The van der Waals surface area contributed by atoms with Crippen LogP contribution in [0.25, 0.3) is 0 Å². The number of rotatable bonds is 3. The summed E-state index contributed by atoms with van der Waals surface area (Å²) in [6.07, 6.45) is 0. The van der Waals surface area contributed by atoms with E-state index in [1.54, 1.807) is 10.7 Å². The van der Waals surface area contributed by atoms with E-state index in [1.807, 2.05) is 13.8 Å². The van der Waals surface area contributed by atoms with Gasteiger partial charge in [-0.25, -0.2) is 9.07 Å². The number of hydrogen-bond acceptors (Lipinski definition) is 3. The van der Waals surface area contributed by atoms with Gasteiger partial charge in [0.2, 0.25) is 0 Å². The van der Waals surface area contributed by atoms with Crippen LogP contribution in [-0.4, -0.2) is 9.78 Å². The third-order valence-corrected chi connectivity index (χ3v) is 2.95. The van der Waals surface area contributed by atoms with E-state index in [0.29, 0.717) is 23.7 Å². The molecular formula is C12H14ClFN4. The summed E-state index contributed by atoms with van der Waals surface area (Å²) in [6, 6.07) is 4.42. The van der Waals surface area contributed by atoms with E-state index >= 15 is 0 Å². The second-order valence-corrected chi connectivity index (χ2v) is 4.32. The molecule has 0 atom stereocenters. The van der Waals surface area contributed by atoms with Gasteiger partial charge in [0.1, 0.15) is 5.82 Å². The number of halogens is 2. The Morgan fingerprint density at radius 1 is 1.50 bits per heavy atom. The first-order valence-corrected chi connectivity index (χ1v) is 5.95. The lowest BCUT2D eigenvalue weighted by molar-refractivity contribution is 0.628. The second-order valence-electron chi connectivity index (χ2n) is 3.92. The molecule has 0 saturated carbocycles. The molecule has 6 heteroatoms. The van der Waals surface area contributed by atoms with Crippen molar-refractivity contribution in [3.8, 4) is 0 Å². The van der Waals surface area contributed by atoms with Crippen molar-refractivity contribution in [3.63, 3.8) is 0 Å². The van der Waals surface area contributed by atoms with Crippen molar-refractivity contribution < 1.29 is 4.39 Å². The van der Waals surface area contributed by atoms with Crippen molar-refractivity contribution in [2.45, 2.75) is 20.4 Å². The number of nitrogens with two attached hydrogens (primary N) is 1. The van der Waals surface area contributed by atoms with Gasteiger partial charge in [-0.2, -0.15) is 5.10 Å². The summed E-state index contributed by atoms with van der Waals surface area (Å²) >= 11 is 5.73. The van der Waals surface area contributed by atoms with Gasteiger partial charge < -0.3 is 11.1 Å². The number of anilines is 3. The van der Waals surface area contributed by atoms with Gasteiger partial charge in [-0.05, 0) is 32.0 Å². The zero-order valence-corrected chi connectivity index (χ0v) is 10.9. The molecule has 0 fully saturated rings. The summed E-state index contributed by atoms with van der Waals surface area (Å²) in [5.41, 5.74) is 7.95. The standard InChI is InChI=1S/C12H14ClFN4/c1-3-18-12(11(15)7(2)17-18)16-8-4-5-10(14)9(13)6-8/h4-6,16H,3,15H2,1-2H3. The summed E-state index contributed by atoms with van der Waals surface area (Å²) < 4.78 is 14.8. The van der Waals surface area contributed by atoms with Gasteiger partial charge in [0.25, 0.3) is 0 Å². The SMILES string of the molecule is CCn1nc(C)c(N)c1Nc1ccc(F)c(Cl)c1. The molecule has 0 unspecified atom stereocenters. The largest absolute Gasteiger partial charge is 0.394 e. The van der Waals surface area contributed by atoms with Crippen molar-refractivity contribution in [2.75, 3.05) is 11.1 Å². The van der Waals surface area contributed by atoms with Crippen LogP contribution in [0, 0.1) is 12.7 Å². The number of aryl methyl sites for hydroxylation is 2. The van der Waals surface area contributed by atoms with Crippen molar-refractivity contribution >= 4 is 28.8 Å². The maximum Gasteiger partial charge on any atom is 0.152 e. The molecule has 0 aliphatic heterocycles. The fourth-order valence-electron chi connectivity index (χ4n) is 1.67. The Bertz CT molecular complexity index is 580. The molecule has 2 aromatic rings. The topological polar surface area (TPSA) is 55.9 Å². The minimum Gasteiger partial charge on any atom is -0.394 e. The first kappa shape index (κ1) is 12.7. The molecule has 0 spiro atoms. The predicted octanol–water partition coefficient (Wildman–Crippen LogP) is 3.33. The first-order valence-electron chi connectivity index (χ1n) is 5.58. The Hall–Kier alpha value is -1.75. The summed E-state index contributed by atoms with van der Waals surface area (Å²) in [5.74, 6) is 0.244. The van der Waals surface area contributed by atoms with Crippen LogP contribution in [0.5, 0.6) is 0 Å². The van der Waals surface area contributed by atoms with Gasteiger partial charge in [-0.1, -0.05) is 11.6 Å². The summed E-state index contributed by atoms with van der Waals surface area (Å²) in [6.45, 7) is 4.49. The van der Waals surface area contributed by atoms with Crippen LogP contribution in [0.1, 0.15) is 12.6 Å². The fraction of sp³-hybridized carbons (Fsp3) is 0.250. The Balaban J connectivity index is 2.36. The van der Waals surface area contributed by atoms with E-state index in [4.69, 9.17) is 17.3 Å². The zero-order valence-electron chi connectivity index (χ0n) is 10.2. The average Bonchev–Trinajstić information content (AvgIpc) is 2.61. The normalized spacial score (nSPS) is 10.7. The minimum absolute atomic E-state index is 0.0675. The van der Waals surface area contributed by atoms with E-state index in [9.17, 15) is 4.39 Å². The molecule has 96 valence electrons. The van der Waals surface area contributed by atoms with Crippen LogP contribution in [0.4, 0.5) is 21.6 Å². The predicted molar refractivity (Wildman–Crippen MR) is 71.7 cm³/mol. The van der Waals surface area contributed by atoms with Crippen LogP contribution >= 0.6 is 11.6 Å². The highest BCUT2D eigenvalue weighted by Crippen LogP contribution is 2.28. The highest BCUT2D eigenvalue weighted by atomic mass is 35.5. The third kappa shape index (κ3) is 2.26. The van der Waals surface area contributed by atoms with Crippen molar-refractivity contribution in [1.29, 1.82) is 0 Å². The smallest absolute Gasteiger partial charge is 0.152 e. The molecular weight excluding hydrogens is 255 g/mol. The lowest BCUT2D eigenvalue weighted by Gasteiger charge is -2.09. The van der Waals surface area contributed by atoms with Crippen molar-refractivity contribution in [1.82, 2.24) is 9.78 Å². The number of benzene rings is 1. The Kier molecular flexibility index (Phi) is 3.43. The zero-order chi connectivity index (χ0) is 13.3. The molecule has 18 heavy (non-hydrogen) atoms. The van der Waals surface area contributed by atoms with E-state index in [1.165, 1.54) is 12.1 Å². The Morgan fingerprint density at radius 2 is 2.22 bits per heavy atom. The Labute approximate surface area is 110 Å². The molecule has 0 radical (unpaired) electrons. The number of nitrogens with one attached hydrogen (secondary N) is 1.